The van der Waals surface area contributed by atoms with Gasteiger partial charge in [0.05, 0.1) is 16.8 Å². The Morgan fingerprint density at radius 2 is 2.35 bits per heavy atom. The normalized spacial score (nSPS) is 10.4. The van der Waals surface area contributed by atoms with Crippen LogP contribution in [0.3, 0.4) is 0 Å². The first-order valence-electron chi connectivity index (χ1n) is 5.76. The average molecular weight is 287 g/mol. The number of nitrogens with zero attached hydrogens (tertiary/aromatic N) is 3. The number of nitriles is 1. The van der Waals surface area contributed by atoms with Crippen molar-refractivity contribution in [3.63, 3.8) is 0 Å². The molecule has 0 saturated heterocycles. The van der Waals surface area contributed by atoms with Gasteiger partial charge in [-0.3, -0.25) is 9.48 Å². The van der Waals surface area contributed by atoms with Crippen LogP contribution in [-0.4, -0.2) is 15.7 Å². The van der Waals surface area contributed by atoms with Gasteiger partial charge in [-0.05, 0) is 24.3 Å². The molecule has 2 aromatic rings. The Bertz CT molecular complexity index is 712. The van der Waals surface area contributed by atoms with Crippen molar-refractivity contribution >= 4 is 29.3 Å². The van der Waals surface area contributed by atoms with E-state index >= 15 is 0 Å². The number of carbonyl (C=O) groups is 1. The first-order chi connectivity index (χ1) is 9.58. The first-order valence-corrected chi connectivity index (χ1v) is 6.13. The van der Waals surface area contributed by atoms with E-state index in [0.29, 0.717) is 16.3 Å². The van der Waals surface area contributed by atoms with Crippen molar-refractivity contribution < 1.29 is 4.79 Å². The number of rotatable bonds is 3. The van der Waals surface area contributed by atoms with Gasteiger partial charge in [-0.15, -0.1) is 0 Å². The van der Waals surface area contributed by atoms with E-state index < -0.39 is 0 Å². The highest BCUT2D eigenvalue weighted by molar-refractivity contribution is 6.32. The van der Waals surface area contributed by atoms with E-state index in [1.807, 2.05) is 6.07 Å². The molecule has 0 aliphatic heterocycles. The molecule has 1 aromatic heterocycles. The summed E-state index contributed by atoms with van der Waals surface area (Å²) in [4.78, 5) is 11.7. The molecule has 100 valence electrons. The van der Waals surface area contributed by atoms with Gasteiger partial charge in [0.15, 0.2) is 0 Å². The van der Waals surface area contributed by atoms with E-state index in [1.54, 1.807) is 42.3 Å². The average Bonchev–Trinajstić information content (AvgIpc) is 2.82. The lowest BCUT2D eigenvalue weighted by Crippen LogP contribution is -2.07. The molecule has 0 aliphatic carbocycles. The van der Waals surface area contributed by atoms with Crippen LogP contribution in [0, 0.1) is 11.3 Å². The van der Waals surface area contributed by atoms with Crippen LogP contribution in [-0.2, 0) is 11.8 Å². The van der Waals surface area contributed by atoms with Crippen molar-refractivity contribution in [1.82, 2.24) is 9.78 Å². The maximum atomic E-state index is 11.7. The molecule has 20 heavy (non-hydrogen) atoms. The Kier molecular flexibility index (Phi) is 4.18. The molecule has 0 aliphatic rings. The second kappa shape index (κ2) is 6.04. The topological polar surface area (TPSA) is 70.7 Å². The Morgan fingerprint density at radius 3 is 2.95 bits per heavy atom. The molecule has 0 radical (unpaired) electrons. The number of benzene rings is 1. The van der Waals surface area contributed by atoms with E-state index in [9.17, 15) is 4.79 Å². The lowest BCUT2D eigenvalue weighted by molar-refractivity contribution is -0.111. The fourth-order valence-corrected chi connectivity index (χ4v) is 1.79. The minimum atomic E-state index is -0.283. The summed E-state index contributed by atoms with van der Waals surface area (Å²) in [5.41, 5.74) is 1.74. The molecule has 0 spiro atoms. The number of nitrogens with one attached hydrogen (secondary N) is 1. The molecule has 1 N–H and O–H groups in total. The molecule has 0 bridgehead atoms. The fourth-order valence-electron chi connectivity index (χ4n) is 1.57. The molecular formula is C14H11ClN4O. The van der Waals surface area contributed by atoms with Crippen LogP contribution in [0.4, 0.5) is 5.69 Å². The number of aromatic nitrogens is 2. The van der Waals surface area contributed by atoms with Gasteiger partial charge < -0.3 is 5.32 Å². The molecule has 2 rings (SSSR count). The Hall–Kier alpha value is -2.58. The zero-order valence-electron chi connectivity index (χ0n) is 10.7. The predicted octanol–water partition coefficient (Wildman–Crippen LogP) is 2.60. The van der Waals surface area contributed by atoms with Crippen molar-refractivity contribution in [1.29, 1.82) is 5.26 Å². The smallest absolute Gasteiger partial charge is 0.248 e. The largest absolute Gasteiger partial charge is 0.322 e. The van der Waals surface area contributed by atoms with E-state index in [1.165, 1.54) is 12.1 Å². The molecule has 1 amide bonds. The van der Waals surface area contributed by atoms with Crippen molar-refractivity contribution in [3.8, 4) is 6.07 Å². The zero-order chi connectivity index (χ0) is 14.5. The van der Waals surface area contributed by atoms with E-state index in [4.69, 9.17) is 16.9 Å². The Labute approximate surface area is 121 Å². The summed E-state index contributed by atoms with van der Waals surface area (Å²) in [7, 11) is 1.80. The van der Waals surface area contributed by atoms with Crippen LogP contribution in [0.5, 0.6) is 0 Å². The number of hydrogen-bond acceptors (Lipinski definition) is 3. The standard InChI is InChI=1S/C14H11ClN4O/c1-19-9-10(8-17-19)2-5-14(20)18-12-4-3-11(7-16)13(15)6-12/h2-6,8-9H,1H3,(H,18,20)/b5-2+. The van der Waals surface area contributed by atoms with Crippen LogP contribution in [0.15, 0.2) is 36.7 Å². The number of anilines is 1. The SMILES string of the molecule is Cn1cc(/C=C/C(=O)Nc2ccc(C#N)c(Cl)c2)cn1. The molecule has 0 atom stereocenters. The van der Waals surface area contributed by atoms with Crippen molar-refractivity contribution in [2.24, 2.45) is 7.05 Å². The van der Waals surface area contributed by atoms with Crippen LogP contribution >= 0.6 is 11.6 Å². The second-order valence-electron chi connectivity index (χ2n) is 4.08. The van der Waals surface area contributed by atoms with E-state index in [-0.39, 0.29) is 5.91 Å². The molecule has 0 fully saturated rings. The van der Waals surface area contributed by atoms with Crippen molar-refractivity contribution in [3.05, 3.63) is 52.8 Å². The quantitative estimate of drug-likeness (QED) is 0.882. The molecular weight excluding hydrogens is 276 g/mol. The first kappa shape index (κ1) is 13.8. The number of carbonyl (C=O) groups excluding carboxylic acids is 1. The number of halogens is 1. The Balaban J connectivity index is 2.03. The highest BCUT2D eigenvalue weighted by Gasteiger charge is 2.03. The van der Waals surface area contributed by atoms with Gasteiger partial charge in [-0.1, -0.05) is 11.6 Å². The molecule has 0 unspecified atom stereocenters. The summed E-state index contributed by atoms with van der Waals surface area (Å²) in [6.45, 7) is 0. The van der Waals surface area contributed by atoms with Crippen LogP contribution in [0.1, 0.15) is 11.1 Å². The summed E-state index contributed by atoms with van der Waals surface area (Å²) >= 11 is 5.89. The minimum Gasteiger partial charge on any atom is -0.322 e. The molecule has 1 heterocycles. The van der Waals surface area contributed by atoms with Gasteiger partial charge in [0.25, 0.3) is 0 Å². The fraction of sp³-hybridized carbons (Fsp3) is 0.0714. The lowest BCUT2D eigenvalue weighted by Gasteiger charge is -2.03. The lowest BCUT2D eigenvalue weighted by atomic mass is 10.2. The number of aryl methyl sites for hydroxylation is 1. The minimum absolute atomic E-state index is 0.283. The highest BCUT2D eigenvalue weighted by atomic mass is 35.5. The molecule has 5 nitrogen and oxygen atoms in total. The van der Waals surface area contributed by atoms with Gasteiger partial charge in [-0.25, -0.2) is 0 Å². The predicted molar refractivity (Wildman–Crippen MR) is 77.0 cm³/mol. The number of hydrogen-bond donors (Lipinski definition) is 1. The van der Waals surface area contributed by atoms with Gasteiger partial charge >= 0.3 is 0 Å². The van der Waals surface area contributed by atoms with Gasteiger partial charge in [-0.2, -0.15) is 10.4 Å². The zero-order valence-corrected chi connectivity index (χ0v) is 11.4. The third-order valence-electron chi connectivity index (χ3n) is 2.51. The highest BCUT2D eigenvalue weighted by Crippen LogP contribution is 2.20. The monoisotopic (exact) mass is 286 g/mol. The summed E-state index contributed by atoms with van der Waals surface area (Å²) < 4.78 is 1.65. The summed E-state index contributed by atoms with van der Waals surface area (Å²) in [6.07, 6.45) is 6.52. The van der Waals surface area contributed by atoms with Crippen molar-refractivity contribution in [2.75, 3.05) is 5.32 Å². The third kappa shape index (κ3) is 3.46. The Morgan fingerprint density at radius 1 is 1.55 bits per heavy atom. The van der Waals surface area contributed by atoms with Crippen molar-refractivity contribution in [2.45, 2.75) is 0 Å². The maximum Gasteiger partial charge on any atom is 0.248 e. The molecule has 1 aromatic carbocycles. The number of amides is 1. The van der Waals surface area contributed by atoms with E-state index in [2.05, 4.69) is 10.4 Å². The molecule has 6 heteroatoms. The maximum absolute atomic E-state index is 11.7. The van der Waals surface area contributed by atoms with Gasteiger partial charge in [0, 0.05) is 30.6 Å². The van der Waals surface area contributed by atoms with Gasteiger partial charge in [0.1, 0.15) is 6.07 Å². The van der Waals surface area contributed by atoms with Crippen LogP contribution in [0.25, 0.3) is 6.08 Å². The second-order valence-corrected chi connectivity index (χ2v) is 4.48. The molecule has 0 saturated carbocycles. The third-order valence-corrected chi connectivity index (χ3v) is 2.82. The van der Waals surface area contributed by atoms with Gasteiger partial charge in [0.2, 0.25) is 5.91 Å². The summed E-state index contributed by atoms with van der Waals surface area (Å²) in [5.74, 6) is -0.283. The summed E-state index contributed by atoms with van der Waals surface area (Å²) in [6, 6.07) is 6.68. The van der Waals surface area contributed by atoms with E-state index in [0.717, 1.165) is 5.56 Å². The van der Waals surface area contributed by atoms with Crippen LogP contribution in [0.2, 0.25) is 5.02 Å². The van der Waals surface area contributed by atoms with Crippen LogP contribution < -0.4 is 5.32 Å². The summed E-state index contributed by atoms with van der Waals surface area (Å²) in [5, 5.41) is 15.7.